The number of anilines is 1. The molecule has 0 fully saturated rings. The molecular formula is C17H12F2N2O2. The molecule has 0 radical (unpaired) electrons. The first-order chi connectivity index (χ1) is 11.0. The highest BCUT2D eigenvalue weighted by Crippen LogP contribution is 2.26. The molecule has 6 heteroatoms. The first kappa shape index (κ1) is 14.9. The molecule has 1 amide bonds. The van der Waals surface area contributed by atoms with Crippen LogP contribution >= 0.6 is 0 Å². The van der Waals surface area contributed by atoms with Crippen LogP contribution in [-0.2, 0) is 0 Å². The third-order valence-corrected chi connectivity index (χ3v) is 3.31. The Morgan fingerprint density at radius 3 is 2.17 bits per heavy atom. The second-order valence-electron chi connectivity index (χ2n) is 4.93. The van der Waals surface area contributed by atoms with Crippen molar-refractivity contribution < 1.29 is 18.1 Å². The number of carbonyl (C=O) groups excluding carboxylic acids is 1. The minimum Gasteiger partial charge on any atom is -0.360 e. The predicted octanol–water partition coefficient (Wildman–Crippen LogP) is 4.18. The number of rotatable bonds is 3. The molecular weight excluding hydrogens is 302 g/mol. The summed E-state index contributed by atoms with van der Waals surface area (Å²) >= 11 is 0. The van der Waals surface area contributed by atoms with Crippen molar-refractivity contribution >= 4 is 11.6 Å². The average Bonchev–Trinajstić information content (AvgIpc) is 2.92. The maximum atomic E-state index is 13.0. The van der Waals surface area contributed by atoms with Gasteiger partial charge in [0.2, 0.25) is 0 Å². The summed E-state index contributed by atoms with van der Waals surface area (Å²) in [5, 5.41) is 6.53. The van der Waals surface area contributed by atoms with Gasteiger partial charge in [0.25, 0.3) is 5.91 Å². The van der Waals surface area contributed by atoms with E-state index in [9.17, 15) is 13.6 Å². The van der Waals surface area contributed by atoms with Crippen molar-refractivity contribution in [2.45, 2.75) is 6.92 Å². The molecule has 0 spiro atoms. The molecule has 23 heavy (non-hydrogen) atoms. The number of nitrogens with one attached hydrogen (secondary N) is 1. The van der Waals surface area contributed by atoms with Crippen molar-refractivity contribution in [2.24, 2.45) is 0 Å². The van der Waals surface area contributed by atoms with Gasteiger partial charge in [0, 0.05) is 11.3 Å². The van der Waals surface area contributed by atoms with Gasteiger partial charge in [0.15, 0.2) is 0 Å². The number of benzene rings is 2. The molecule has 0 atom stereocenters. The van der Waals surface area contributed by atoms with Crippen LogP contribution in [0.2, 0.25) is 0 Å². The average molecular weight is 314 g/mol. The minimum absolute atomic E-state index is 0.251. The lowest BCUT2D eigenvalue weighted by molar-refractivity contribution is 0.102. The first-order valence-corrected chi connectivity index (χ1v) is 6.84. The lowest BCUT2D eigenvalue weighted by Crippen LogP contribution is -2.13. The number of hydrogen-bond donors (Lipinski definition) is 1. The number of aromatic nitrogens is 1. The summed E-state index contributed by atoms with van der Waals surface area (Å²) in [6.45, 7) is 1.61. The van der Waals surface area contributed by atoms with Crippen molar-refractivity contribution in [1.29, 1.82) is 0 Å². The number of hydrogen-bond acceptors (Lipinski definition) is 3. The fourth-order valence-electron chi connectivity index (χ4n) is 2.17. The third kappa shape index (κ3) is 3.11. The summed E-state index contributed by atoms with van der Waals surface area (Å²) in [5.41, 5.74) is 1.58. The molecule has 116 valence electrons. The van der Waals surface area contributed by atoms with Gasteiger partial charge in [-0.25, -0.2) is 8.78 Å². The molecule has 2 aromatic carbocycles. The van der Waals surface area contributed by atoms with Gasteiger partial charge in [0.05, 0.1) is 0 Å². The minimum atomic E-state index is -0.435. The summed E-state index contributed by atoms with van der Waals surface area (Å²) in [4.78, 5) is 12.5. The van der Waals surface area contributed by atoms with Gasteiger partial charge in [-0.05, 0) is 55.5 Å². The second kappa shape index (κ2) is 6.00. The van der Waals surface area contributed by atoms with Crippen LogP contribution in [0.15, 0.2) is 53.1 Å². The Balaban J connectivity index is 1.93. The zero-order valence-corrected chi connectivity index (χ0v) is 12.1. The van der Waals surface area contributed by atoms with Gasteiger partial charge in [-0.1, -0.05) is 5.16 Å². The Bertz CT molecular complexity index is 840. The van der Waals surface area contributed by atoms with E-state index in [0.29, 0.717) is 22.7 Å². The van der Waals surface area contributed by atoms with Gasteiger partial charge < -0.3 is 9.84 Å². The Labute approximate surface area is 130 Å². The zero-order valence-electron chi connectivity index (χ0n) is 12.1. The van der Waals surface area contributed by atoms with E-state index in [4.69, 9.17) is 4.52 Å². The predicted molar refractivity (Wildman–Crippen MR) is 81.0 cm³/mol. The van der Waals surface area contributed by atoms with Crippen molar-refractivity contribution in [3.8, 4) is 11.3 Å². The fourth-order valence-corrected chi connectivity index (χ4v) is 2.17. The standard InChI is InChI=1S/C17H12F2N2O2/c1-10-15(17(22)20-14-8-6-13(19)7-9-14)16(21-23-10)11-2-4-12(18)5-3-11/h2-9H,1H3,(H,20,22). The van der Waals surface area contributed by atoms with E-state index in [2.05, 4.69) is 10.5 Å². The Morgan fingerprint density at radius 1 is 1.00 bits per heavy atom. The lowest BCUT2D eigenvalue weighted by atomic mass is 10.1. The second-order valence-corrected chi connectivity index (χ2v) is 4.93. The number of amides is 1. The van der Waals surface area contributed by atoms with E-state index < -0.39 is 11.7 Å². The third-order valence-electron chi connectivity index (χ3n) is 3.31. The van der Waals surface area contributed by atoms with E-state index >= 15 is 0 Å². The molecule has 0 aliphatic carbocycles. The lowest BCUT2D eigenvalue weighted by Gasteiger charge is -2.06. The highest BCUT2D eigenvalue weighted by Gasteiger charge is 2.21. The molecule has 0 aliphatic rings. The van der Waals surface area contributed by atoms with E-state index in [-0.39, 0.29) is 11.4 Å². The molecule has 0 bridgehead atoms. The molecule has 1 N–H and O–H groups in total. The highest BCUT2D eigenvalue weighted by molar-refractivity contribution is 6.08. The van der Waals surface area contributed by atoms with Crippen molar-refractivity contribution in [3.05, 3.63) is 71.5 Å². The van der Waals surface area contributed by atoms with E-state index in [1.54, 1.807) is 6.92 Å². The molecule has 0 aliphatic heterocycles. The summed E-state index contributed by atoms with van der Waals surface area (Å²) in [5.74, 6) is -0.874. The molecule has 0 unspecified atom stereocenters. The molecule has 0 saturated heterocycles. The van der Waals surface area contributed by atoms with E-state index in [1.165, 1.54) is 48.5 Å². The van der Waals surface area contributed by atoms with Crippen LogP contribution in [0.1, 0.15) is 16.1 Å². The Morgan fingerprint density at radius 2 is 1.57 bits per heavy atom. The number of halogens is 2. The van der Waals surface area contributed by atoms with Crippen LogP contribution in [0.25, 0.3) is 11.3 Å². The monoisotopic (exact) mass is 314 g/mol. The summed E-state index contributed by atoms with van der Waals surface area (Å²) < 4.78 is 31.0. The van der Waals surface area contributed by atoms with Crippen LogP contribution in [0.4, 0.5) is 14.5 Å². The van der Waals surface area contributed by atoms with Crippen molar-refractivity contribution in [1.82, 2.24) is 5.16 Å². The van der Waals surface area contributed by atoms with Gasteiger partial charge in [-0.2, -0.15) is 0 Å². The molecule has 3 rings (SSSR count). The zero-order chi connectivity index (χ0) is 16.4. The largest absolute Gasteiger partial charge is 0.360 e. The number of nitrogens with zero attached hydrogens (tertiary/aromatic N) is 1. The Hall–Kier alpha value is -3.02. The van der Waals surface area contributed by atoms with Gasteiger partial charge in [-0.15, -0.1) is 0 Å². The highest BCUT2D eigenvalue weighted by atomic mass is 19.1. The van der Waals surface area contributed by atoms with Gasteiger partial charge in [0.1, 0.15) is 28.7 Å². The van der Waals surface area contributed by atoms with Crippen LogP contribution in [-0.4, -0.2) is 11.1 Å². The van der Waals surface area contributed by atoms with E-state index in [1.807, 2.05) is 0 Å². The maximum Gasteiger partial charge on any atom is 0.261 e. The van der Waals surface area contributed by atoms with Crippen molar-refractivity contribution in [3.63, 3.8) is 0 Å². The van der Waals surface area contributed by atoms with Gasteiger partial charge >= 0.3 is 0 Å². The summed E-state index contributed by atoms with van der Waals surface area (Å²) in [6, 6.07) is 11.0. The molecule has 0 saturated carbocycles. The summed E-state index contributed by atoms with van der Waals surface area (Å²) in [6.07, 6.45) is 0. The fraction of sp³-hybridized carbons (Fsp3) is 0.0588. The van der Waals surface area contributed by atoms with Crippen LogP contribution in [0.3, 0.4) is 0 Å². The first-order valence-electron chi connectivity index (χ1n) is 6.84. The van der Waals surface area contributed by atoms with Crippen LogP contribution in [0.5, 0.6) is 0 Å². The quantitative estimate of drug-likeness (QED) is 0.789. The smallest absolute Gasteiger partial charge is 0.261 e. The normalized spacial score (nSPS) is 10.6. The maximum absolute atomic E-state index is 13.0. The van der Waals surface area contributed by atoms with Crippen molar-refractivity contribution in [2.75, 3.05) is 5.32 Å². The summed E-state index contributed by atoms with van der Waals surface area (Å²) in [7, 11) is 0. The molecule has 1 aromatic heterocycles. The topological polar surface area (TPSA) is 55.1 Å². The molecule has 1 heterocycles. The number of carbonyl (C=O) groups is 1. The number of aryl methyl sites for hydroxylation is 1. The van der Waals surface area contributed by atoms with Gasteiger partial charge in [-0.3, -0.25) is 4.79 Å². The van der Waals surface area contributed by atoms with E-state index in [0.717, 1.165) is 0 Å². The molecule has 4 nitrogen and oxygen atoms in total. The molecule has 3 aromatic rings. The Kier molecular flexibility index (Phi) is 3.89. The SMILES string of the molecule is Cc1onc(-c2ccc(F)cc2)c1C(=O)Nc1ccc(F)cc1. The van der Waals surface area contributed by atoms with Crippen LogP contribution < -0.4 is 5.32 Å². The van der Waals surface area contributed by atoms with Crippen LogP contribution in [0, 0.1) is 18.6 Å².